The Balaban J connectivity index is 0.00000384. The van der Waals surface area contributed by atoms with Gasteiger partial charge in [0.15, 0.2) is 15.5 Å². The largest absolute Gasteiger partial charge is 0.480 e. The summed E-state index contributed by atoms with van der Waals surface area (Å²) < 4.78 is 3.88. The summed E-state index contributed by atoms with van der Waals surface area (Å²) in [5, 5.41) is 28.2. The molecule has 0 amide bonds. The molecule has 21 heteroatoms. The molecule has 0 aliphatic rings. The predicted molar refractivity (Wildman–Crippen MR) is 200 cm³/mol. The highest BCUT2D eigenvalue weighted by Gasteiger charge is 2.26. The molecular weight excluding hydrogens is 957 g/mol. The van der Waals surface area contributed by atoms with Crippen LogP contribution in [-0.4, -0.2) is 61.9 Å². The Labute approximate surface area is 335 Å². The normalized spacial score (nSPS) is 10.7. The van der Waals surface area contributed by atoms with Crippen LogP contribution in [0.5, 0.6) is 0 Å². The first-order valence-electron chi connectivity index (χ1n) is 13.0. The maximum Gasteiger partial charge on any atom is 0.323 e. The first kappa shape index (κ1) is 44.5. The summed E-state index contributed by atoms with van der Waals surface area (Å²) >= 11 is 37.5. The average molecular weight is 984 g/mol. The highest BCUT2D eigenvalue weighted by molar-refractivity contribution is 8.93. The van der Waals surface area contributed by atoms with E-state index in [2.05, 4.69) is 15.0 Å². The summed E-state index contributed by atoms with van der Waals surface area (Å²) in [6, 6.07) is 0. The van der Waals surface area contributed by atoms with Gasteiger partial charge in [-0.25, -0.2) is 15.0 Å². The molecule has 264 valence electrons. The predicted octanol–water partition coefficient (Wildman–Crippen LogP) is 7.88. The van der Waals surface area contributed by atoms with E-state index in [1.54, 1.807) is 0 Å². The van der Waals surface area contributed by atoms with E-state index in [1.165, 1.54) is 13.7 Å². The van der Waals surface area contributed by atoms with E-state index >= 15 is 0 Å². The molecule has 0 radical (unpaired) electrons. The third-order valence-corrected chi connectivity index (χ3v) is 9.67. The van der Waals surface area contributed by atoms with E-state index in [0.717, 1.165) is 33.4 Å². The highest BCUT2D eigenvalue weighted by atomic mass is 79.9. The SMILES string of the molecule is Br.Br.Br.Cc1c(Cc2nc(Cl)c(Cl)n2CC(=O)O)c(C)c(Cc2nc(Cl)c(Cl)n2CC(=O)O)c(C)c1Cc1nc(Cl)c(Cl)n1CC(=O)O. The summed E-state index contributed by atoms with van der Waals surface area (Å²) in [6.45, 7) is 4.12. The minimum Gasteiger partial charge on any atom is -0.480 e. The average Bonchev–Trinajstić information content (AvgIpc) is 3.47. The van der Waals surface area contributed by atoms with Crippen LogP contribution in [0.4, 0.5) is 0 Å². The molecule has 0 aliphatic heterocycles. The number of hydrogen-bond donors (Lipinski definition) is 3. The van der Waals surface area contributed by atoms with Crippen LogP contribution in [0, 0.1) is 20.8 Å². The zero-order valence-corrected chi connectivity index (χ0v) is 34.7. The lowest BCUT2D eigenvalue weighted by atomic mass is 9.84. The third-order valence-electron chi connectivity index (χ3n) is 7.44. The first-order chi connectivity index (χ1) is 21.0. The molecule has 0 saturated carbocycles. The van der Waals surface area contributed by atoms with Crippen LogP contribution in [0.1, 0.15) is 50.9 Å². The molecule has 48 heavy (non-hydrogen) atoms. The lowest BCUT2D eigenvalue weighted by Crippen LogP contribution is -2.17. The van der Waals surface area contributed by atoms with Gasteiger partial charge in [-0.1, -0.05) is 69.6 Å². The quantitative estimate of drug-likeness (QED) is 0.128. The van der Waals surface area contributed by atoms with Crippen molar-refractivity contribution in [3.63, 3.8) is 0 Å². The smallest absolute Gasteiger partial charge is 0.323 e. The molecule has 4 aromatic rings. The maximum atomic E-state index is 11.6. The Morgan fingerprint density at radius 2 is 0.708 bits per heavy atom. The van der Waals surface area contributed by atoms with Crippen LogP contribution in [0.15, 0.2) is 0 Å². The second-order valence-electron chi connectivity index (χ2n) is 10.1. The lowest BCUT2D eigenvalue weighted by molar-refractivity contribution is -0.138. The van der Waals surface area contributed by atoms with E-state index in [1.807, 2.05) is 20.8 Å². The number of carboxylic acid groups (broad SMARTS) is 3. The fourth-order valence-corrected chi connectivity index (χ4v) is 6.48. The molecule has 0 fully saturated rings. The molecule has 1 aromatic carbocycles. The van der Waals surface area contributed by atoms with Crippen molar-refractivity contribution in [2.45, 2.75) is 59.7 Å². The van der Waals surface area contributed by atoms with Gasteiger partial charge in [0.1, 0.15) is 52.6 Å². The maximum absolute atomic E-state index is 11.6. The standard InChI is InChI=1S/C27H24Cl6N6O6.3BrH/c1-10-13(4-16-34-22(28)25(31)37(16)7-19(40)41)11(2)15(6-18-36-24(30)27(33)39(18)9-21(44)45)12(3)14(10)5-17-35-23(29)26(32)38(17)8-20(42)43;;;/h4-9H2,1-3H3,(H,40,41)(H,42,43)(H,44,45);3*1H. The molecule has 3 aromatic heterocycles. The van der Waals surface area contributed by atoms with Gasteiger partial charge in [0.25, 0.3) is 0 Å². The first-order valence-corrected chi connectivity index (χ1v) is 15.2. The summed E-state index contributed by atoms with van der Waals surface area (Å²) in [5.41, 5.74) is 4.52. The number of carboxylic acids is 3. The molecule has 0 bridgehead atoms. The van der Waals surface area contributed by atoms with Crippen molar-refractivity contribution >= 4 is 138 Å². The van der Waals surface area contributed by atoms with Crippen LogP contribution in [0.3, 0.4) is 0 Å². The van der Waals surface area contributed by atoms with Crippen molar-refractivity contribution in [2.75, 3.05) is 0 Å². The van der Waals surface area contributed by atoms with Crippen molar-refractivity contribution in [2.24, 2.45) is 0 Å². The van der Waals surface area contributed by atoms with Gasteiger partial charge in [-0.05, 0) is 54.2 Å². The number of benzene rings is 1. The molecule has 3 N–H and O–H groups in total. The second-order valence-corrected chi connectivity index (χ2v) is 12.3. The monoisotopic (exact) mass is 978 g/mol. The minimum absolute atomic E-state index is 0. The molecule has 0 spiro atoms. The molecule has 12 nitrogen and oxygen atoms in total. The van der Waals surface area contributed by atoms with Gasteiger partial charge >= 0.3 is 17.9 Å². The molecule has 0 aliphatic carbocycles. The topological polar surface area (TPSA) is 165 Å². The Hall–Kier alpha value is -1.56. The zero-order chi connectivity index (χ0) is 33.5. The fraction of sp³-hybridized carbons (Fsp3) is 0.333. The zero-order valence-electron chi connectivity index (χ0n) is 25.0. The Bertz CT molecular complexity index is 1650. The Morgan fingerprint density at radius 1 is 0.500 bits per heavy atom. The van der Waals surface area contributed by atoms with E-state index in [4.69, 9.17) is 69.6 Å². The van der Waals surface area contributed by atoms with Gasteiger partial charge in [0.2, 0.25) is 0 Å². The van der Waals surface area contributed by atoms with E-state index < -0.39 is 37.5 Å². The number of nitrogens with zero attached hydrogens (tertiary/aromatic N) is 6. The number of rotatable bonds is 12. The van der Waals surface area contributed by atoms with Gasteiger partial charge in [-0.2, -0.15) is 0 Å². The molecule has 0 unspecified atom stereocenters. The lowest BCUT2D eigenvalue weighted by Gasteiger charge is -2.23. The molecule has 0 saturated heterocycles. The number of carbonyl (C=O) groups is 3. The van der Waals surface area contributed by atoms with Crippen LogP contribution in [0.2, 0.25) is 30.9 Å². The van der Waals surface area contributed by atoms with Crippen molar-refractivity contribution in [3.8, 4) is 0 Å². The van der Waals surface area contributed by atoms with Gasteiger partial charge in [0, 0.05) is 19.3 Å². The van der Waals surface area contributed by atoms with E-state index in [0.29, 0.717) is 0 Å². The van der Waals surface area contributed by atoms with Gasteiger partial charge in [-0.3, -0.25) is 14.4 Å². The van der Waals surface area contributed by atoms with Gasteiger partial charge in [0.05, 0.1) is 0 Å². The van der Waals surface area contributed by atoms with Crippen molar-refractivity contribution in [1.82, 2.24) is 28.7 Å². The van der Waals surface area contributed by atoms with E-state index in [9.17, 15) is 29.7 Å². The summed E-state index contributed by atoms with van der Waals surface area (Å²) in [6.07, 6.45) is 0.315. The van der Waals surface area contributed by atoms with Crippen LogP contribution in [-0.2, 0) is 53.3 Å². The Morgan fingerprint density at radius 3 is 0.896 bits per heavy atom. The van der Waals surface area contributed by atoms with Crippen LogP contribution in [0.25, 0.3) is 0 Å². The highest BCUT2D eigenvalue weighted by Crippen LogP contribution is 2.35. The number of halogens is 9. The summed E-state index contributed by atoms with van der Waals surface area (Å²) in [5.74, 6) is -2.58. The fourth-order valence-electron chi connectivity index (χ4n) is 5.29. The third kappa shape index (κ3) is 9.40. The second kappa shape index (κ2) is 18.1. The number of imidazole rings is 3. The Kier molecular flexibility index (Phi) is 16.8. The molecule has 3 heterocycles. The summed E-state index contributed by atoms with van der Waals surface area (Å²) in [4.78, 5) is 47.8. The molecule has 4 rings (SSSR count). The number of hydrogen-bond acceptors (Lipinski definition) is 6. The minimum atomic E-state index is -1.15. The van der Waals surface area contributed by atoms with Crippen molar-refractivity contribution in [3.05, 3.63) is 81.8 Å². The van der Waals surface area contributed by atoms with Crippen LogP contribution >= 0.6 is 121 Å². The van der Waals surface area contributed by atoms with Gasteiger partial charge < -0.3 is 29.0 Å². The van der Waals surface area contributed by atoms with Crippen molar-refractivity contribution < 1.29 is 29.7 Å². The molecule has 0 atom stereocenters. The number of aliphatic carboxylic acids is 3. The molecular formula is C27H27Br3Cl6N6O6. The summed E-state index contributed by atoms with van der Waals surface area (Å²) in [7, 11) is 0. The number of aromatic nitrogens is 6. The van der Waals surface area contributed by atoms with E-state index in [-0.39, 0.29) is 119 Å². The van der Waals surface area contributed by atoms with Gasteiger partial charge in [-0.15, -0.1) is 50.9 Å². The van der Waals surface area contributed by atoms with Crippen molar-refractivity contribution in [1.29, 1.82) is 0 Å². The van der Waals surface area contributed by atoms with Crippen LogP contribution < -0.4 is 0 Å².